The lowest BCUT2D eigenvalue weighted by atomic mass is 10.2. The Morgan fingerprint density at radius 3 is 2.48 bits per heavy atom. The molecule has 1 saturated heterocycles. The van der Waals surface area contributed by atoms with Gasteiger partial charge in [-0.25, -0.2) is 13.2 Å². The predicted octanol–water partition coefficient (Wildman–Crippen LogP) is 0.947. The van der Waals surface area contributed by atoms with Crippen molar-refractivity contribution >= 4 is 15.9 Å². The molecule has 1 fully saturated rings. The minimum atomic E-state index is -2.96. The van der Waals surface area contributed by atoms with Gasteiger partial charge in [-0.1, -0.05) is 30.3 Å². The van der Waals surface area contributed by atoms with Crippen molar-refractivity contribution < 1.29 is 13.2 Å². The summed E-state index contributed by atoms with van der Waals surface area (Å²) in [5.41, 5.74) is 1.23. The maximum Gasteiger partial charge on any atom is 0.317 e. The Morgan fingerprint density at radius 2 is 1.87 bits per heavy atom. The zero-order chi connectivity index (χ0) is 16.9. The van der Waals surface area contributed by atoms with Gasteiger partial charge in [-0.2, -0.15) is 0 Å². The van der Waals surface area contributed by atoms with Crippen LogP contribution in [0.15, 0.2) is 30.3 Å². The monoisotopic (exact) mass is 339 g/mol. The third-order valence-electron chi connectivity index (χ3n) is 4.21. The molecule has 1 heterocycles. The SMILES string of the molecule is C[C@@H](CNC(=O)N1CCS(=O)(=O)CC1)N(C)Cc1ccccc1. The topological polar surface area (TPSA) is 69.7 Å². The maximum absolute atomic E-state index is 12.1. The Hall–Kier alpha value is -1.60. The number of nitrogens with one attached hydrogen (secondary N) is 1. The van der Waals surface area contributed by atoms with Gasteiger partial charge in [0.1, 0.15) is 0 Å². The van der Waals surface area contributed by atoms with Crippen LogP contribution in [-0.2, 0) is 16.4 Å². The lowest BCUT2D eigenvalue weighted by Crippen LogP contribution is -2.50. The quantitative estimate of drug-likeness (QED) is 0.867. The van der Waals surface area contributed by atoms with E-state index in [0.29, 0.717) is 6.54 Å². The van der Waals surface area contributed by atoms with Gasteiger partial charge in [0.2, 0.25) is 0 Å². The normalized spacial score (nSPS) is 18.7. The van der Waals surface area contributed by atoms with E-state index in [1.54, 1.807) is 4.90 Å². The van der Waals surface area contributed by atoms with Crippen LogP contribution >= 0.6 is 0 Å². The number of sulfone groups is 1. The minimum absolute atomic E-state index is 0.0594. The third-order valence-corrected chi connectivity index (χ3v) is 5.82. The van der Waals surface area contributed by atoms with Gasteiger partial charge in [0.15, 0.2) is 9.84 Å². The number of carbonyl (C=O) groups is 1. The molecule has 0 radical (unpaired) electrons. The molecule has 1 aliphatic heterocycles. The molecule has 1 atom stereocenters. The zero-order valence-electron chi connectivity index (χ0n) is 13.7. The predicted molar refractivity (Wildman–Crippen MR) is 91.0 cm³/mol. The average Bonchev–Trinajstić information content (AvgIpc) is 2.53. The molecule has 0 aliphatic carbocycles. The summed E-state index contributed by atoms with van der Waals surface area (Å²) in [5, 5.41) is 2.90. The van der Waals surface area contributed by atoms with Crippen LogP contribution in [0.2, 0.25) is 0 Å². The molecule has 2 amide bonds. The van der Waals surface area contributed by atoms with Gasteiger partial charge in [-0.15, -0.1) is 0 Å². The molecule has 0 saturated carbocycles. The number of rotatable bonds is 5. The molecule has 128 valence electrons. The zero-order valence-corrected chi connectivity index (χ0v) is 14.6. The smallest absolute Gasteiger partial charge is 0.317 e. The molecule has 7 heteroatoms. The molecule has 1 N–H and O–H groups in total. The van der Waals surface area contributed by atoms with Crippen LogP contribution in [0.5, 0.6) is 0 Å². The highest BCUT2D eigenvalue weighted by Crippen LogP contribution is 2.06. The Balaban J connectivity index is 1.75. The van der Waals surface area contributed by atoms with Crippen LogP contribution in [0, 0.1) is 0 Å². The summed E-state index contributed by atoms with van der Waals surface area (Å²) < 4.78 is 22.8. The van der Waals surface area contributed by atoms with E-state index >= 15 is 0 Å². The molecule has 0 aromatic heterocycles. The van der Waals surface area contributed by atoms with Gasteiger partial charge in [0, 0.05) is 32.2 Å². The van der Waals surface area contributed by atoms with Crippen molar-refractivity contribution in [3.8, 4) is 0 Å². The molecule has 1 aromatic rings. The average molecular weight is 339 g/mol. The summed E-state index contributed by atoms with van der Waals surface area (Å²) in [7, 11) is -0.933. The fraction of sp³-hybridized carbons (Fsp3) is 0.562. The molecule has 6 nitrogen and oxygen atoms in total. The Labute approximate surface area is 138 Å². The Kier molecular flexibility index (Phi) is 6.01. The molecular weight excluding hydrogens is 314 g/mol. The fourth-order valence-corrected chi connectivity index (χ4v) is 3.65. The van der Waals surface area contributed by atoms with E-state index in [0.717, 1.165) is 6.54 Å². The molecule has 1 aromatic carbocycles. The second kappa shape index (κ2) is 7.79. The lowest BCUT2D eigenvalue weighted by molar-refractivity contribution is 0.193. The molecule has 2 rings (SSSR count). The van der Waals surface area contributed by atoms with Crippen molar-refractivity contribution in [2.45, 2.75) is 19.5 Å². The van der Waals surface area contributed by atoms with E-state index in [9.17, 15) is 13.2 Å². The standard InChI is InChI=1S/C16H25N3O3S/c1-14(18(2)13-15-6-4-3-5-7-15)12-17-16(20)19-8-10-23(21,22)11-9-19/h3-7,14H,8-13H2,1-2H3,(H,17,20)/t14-/m0/s1. The molecule has 23 heavy (non-hydrogen) atoms. The van der Waals surface area contributed by atoms with E-state index < -0.39 is 9.84 Å². The maximum atomic E-state index is 12.1. The third kappa shape index (κ3) is 5.51. The van der Waals surface area contributed by atoms with Crippen molar-refractivity contribution in [3.05, 3.63) is 35.9 Å². The second-order valence-electron chi connectivity index (χ2n) is 6.07. The lowest BCUT2D eigenvalue weighted by Gasteiger charge is -2.29. The first kappa shape index (κ1) is 17.7. The van der Waals surface area contributed by atoms with E-state index in [1.807, 2.05) is 25.2 Å². The fourth-order valence-electron chi connectivity index (χ4n) is 2.45. The van der Waals surface area contributed by atoms with Gasteiger partial charge >= 0.3 is 6.03 Å². The molecule has 0 unspecified atom stereocenters. The van der Waals surface area contributed by atoms with Crippen LogP contribution in [0.1, 0.15) is 12.5 Å². The van der Waals surface area contributed by atoms with Crippen molar-refractivity contribution in [1.29, 1.82) is 0 Å². The van der Waals surface area contributed by atoms with Crippen molar-refractivity contribution in [3.63, 3.8) is 0 Å². The van der Waals surface area contributed by atoms with E-state index in [4.69, 9.17) is 0 Å². The Morgan fingerprint density at radius 1 is 1.26 bits per heavy atom. The van der Waals surface area contributed by atoms with Crippen molar-refractivity contribution in [1.82, 2.24) is 15.1 Å². The van der Waals surface area contributed by atoms with Crippen LogP contribution in [0.4, 0.5) is 4.79 Å². The van der Waals surface area contributed by atoms with E-state index in [2.05, 4.69) is 29.3 Å². The van der Waals surface area contributed by atoms with Gasteiger partial charge in [-0.05, 0) is 19.5 Å². The Bertz CT molecular complexity index is 605. The number of nitrogens with zero attached hydrogens (tertiary/aromatic N) is 2. The number of amides is 2. The van der Waals surface area contributed by atoms with Gasteiger partial charge in [-0.3, -0.25) is 4.90 Å². The second-order valence-corrected chi connectivity index (χ2v) is 8.38. The van der Waals surface area contributed by atoms with E-state index in [-0.39, 0.29) is 36.7 Å². The van der Waals surface area contributed by atoms with Crippen LogP contribution < -0.4 is 5.32 Å². The van der Waals surface area contributed by atoms with Crippen molar-refractivity contribution in [2.75, 3.05) is 38.2 Å². The summed E-state index contributed by atoms with van der Waals surface area (Å²) in [6.07, 6.45) is 0. The highest BCUT2D eigenvalue weighted by atomic mass is 32.2. The largest absolute Gasteiger partial charge is 0.336 e. The summed E-state index contributed by atoms with van der Waals surface area (Å²) in [4.78, 5) is 15.8. The van der Waals surface area contributed by atoms with Crippen LogP contribution in [0.3, 0.4) is 0 Å². The number of benzene rings is 1. The summed E-state index contributed by atoms with van der Waals surface area (Å²) in [6, 6.07) is 10.2. The first-order valence-electron chi connectivity index (χ1n) is 7.85. The number of hydrogen-bond acceptors (Lipinski definition) is 4. The summed E-state index contributed by atoms with van der Waals surface area (Å²) in [6.45, 7) is 3.97. The first-order chi connectivity index (χ1) is 10.9. The highest BCUT2D eigenvalue weighted by Gasteiger charge is 2.25. The molecule has 0 bridgehead atoms. The van der Waals surface area contributed by atoms with Gasteiger partial charge < -0.3 is 10.2 Å². The highest BCUT2D eigenvalue weighted by molar-refractivity contribution is 7.91. The van der Waals surface area contributed by atoms with Crippen LogP contribution in [-0.4, -0.2) is 68.5 Å². The summed E-state index contributed by atoms with van der Waals surface area (Å²) >= 11 is 0. The van der Waals surface area contributed by atoms with Gasteiger partial charge in [0.25, 0.3) is 0 Å². The molecular formula is C16H25N3O3S. The summed E-state index contributed by atoms with van der Waals surface area (Å²) in [5.74, 6) is 0.119. The van der Waals surface area contributed by atoms with Gasteiger partial charge in [0.05, 0.1) is 11.5 Å². The number of hydrogen-bond donors (Lipinski definition) is 1. The first-order valence-corrected chi connectivity index (χ1v) is 9.67. The van der Waals surface area contributed by atoms with E-state index in [1.165, 1.54) is 5.56 Å². The van der Waals surface area contributed by atoms with Crippen molar-refractivity contribution in [2.24, 2.45) is 0 Å². The minimum Gasteiger partial charge on any atom is -0.336 e. The molecule has 0 spiro atoms. The van der Waals surface area contributed by atoms with Crippen LogP contribution in [0.25, 0.3) is 0 Å². The number of urea groups is 1. The number of carbonyl (C=O) groups excluding carboxylic acids is 1. The molecule has 1 aliphatic rings. The number of likely N-dealkylation sites (N-methyl/N-ethyl adjacent to an activating group) is 1.